The first kappa shape index (κ1) is 19.5. The van der Waals surface area contributed by atoms with E-state index in [-0.39, 0.29) is 11.2 Å². The molecule has 0 saturated carbocycles. The fraction of sp³-hybridized carbons (Fsp3) is 0.250. The van der Waals surface area contributed by atoms with Gasteiger partial charge in [-0.25, -0.2) is 0 Å². The van der Waals surface area contributed by atoms with Gasteiger partial charge >= 0.3 is 0 Å². The number of aromatic nitrogens is 3. The van der Waals surface area contributed by atoms with E-state index < -0.39 is 0 Å². The van der Waals surface area contributed by atoms with Crippen molar-refractivity contribution >= 4 is 35.0 Å². The molecule has 0 fully saturated rings. The molecule has 0 aliphatic heterocycles. The van der Waals surface area contributed by atoms with E-state index in [1.54, 1.807) is 6.07 Å². The van der Waals surface area contributed by atoms with Crippen LogP contribution in [0.15, 0.2) is 53.7 Å². The molecule has 1 amide bonds. The summed E-state index contributed by atoms with van der Waals surface area (Å²) >= 11 is 7.50. The van der Waals surface area contributed by atoms with Gasteiger partial charge in [-0.05, 0) is 37.1 Å². The van der Waals surface area contributed by atoms with Crippen LogP contribution in [0.25, 0.3) is 0 Å². The lowest BCUT2D eigenvalue weighted by molar-refractivity contribution is -0.115. The molecule has 0 bridgehead atoms. The Bertz CT molecular complexity index is 942. The third-order valence-corrected chi connectivity index (χ3v) is 5.85. The van der Waals surface area contributed by atoms with Crippen LogP contribution in [0, 0.1) is 6.92 Å². The van der Waals surface area contributed by atoms with Gasteiger partial charge in [0.2, 0.25) is 5.91 Å². The highest BCUT2D eigenvalue weighted by Gasteiger charge is 2.19. The molecular weight excluding hydrogens is 380 g/mol. The minimum Gasteiger partial charge on any atom is -0.325 e. The molecule has 1 N–H and O–H groups in total. The van der Waals surface area contributed by atoms with Crippen LogP contribution in [0.1, 0.15) is 23.9 Å². The number of nitrogens with one attached hydrogen (secondary N) is 1. The molecule has 7 heteroatoms. The lowest BCUT2D eigenvalue weighted by Gasteiger charge is -2.13. The number of carbonyl (C=O) groups is 1. The molecule has 3 aromatic rings. The maximum Gasteiger partial charge on any atom is 0.237 e. The van der Waals surface area contributed by atoms with E-state index in [9.17, 15) is 4.79 Å². The topological polar surface area (TPSA) is 59.8 Å². The van der Waals surface area contributed by atoms with Gasteiger partial charge in [0.25, 0.3) is 0 Å². The van der Waals surface area contributed by atoms with E-state index in [0.717, 1.165) is 17.1 Å². The molecule has 0 saturated heterocycles. The molecule has 1 atom stereocenters. The molecule has 0 radical (unpaired) electrons. The molecule has 0 aliphatic carbocycles. The fourth-order valence-corrected chi connectivity index (χ4v) is 3.58. The maximum absolute atomic E-state index is 12.6. The number of halogens is 1. The highest BCUT2D eigenvalue weighted by molar-refractivity contribution is 8.00. The second-order valence-corrected chi connectivity index (χ2v) is 8.00. The smallest absolute Gasteiger partial charge is 0.237 e. The zero-order valence-electron chi connectivity index (χ0n) is 15.4. The third kappa shape index (κ3) is 4.70. The summed E-state index contributed by atoms with van der Waals surface area (Å²) in [4.78, 5) is 12.6. The van der Waals surface area contributed by atoms with Crippen LogP contribution in [-0.4, -0.2) is 25.9 Å². The highest BCUT2D eigenvalue weighted by atomic mass is 35.5. The minimum absolute atomic E-state index is 0.0991. The number of hydrogen-bond acceptors (Lipinski definition) is 4. The van der Waals surface area contributed by atoms with Gasteiger partial charge in [-0.2, -0.15) is 0 Å². The van der Waals surface area contributed by atoms with Crippen molar-refractivity contribution < 1.29 is 4.79 Å². The SMILES string of the molecule is Cc1c(Cl)cccc1NC(=O)[C@@H](C)Sc1nnc(Cc2ccccc2)n1C. The average molecular weight is 401 g/mol. The number of rotatable bonds is 6. The minimum atomic E-state index is -0.323. The fourth-order valence-electron chi connectivity index (χ4n) is 2.57. The summed E-state index contributed by atoms with van der Waals surface area (Å²) in [6, 6.07) is 15.6. The van der Waals surface area contributed by atoms with Gasteiger partial charge < -0.3 is 9.88 Å². The standard InChI is InChI=1S/C20H21ClN4OS/c1-13-16(21)10-7-11-17(13)22-19(26)14(2)27-20-24-23-18(25(20)3)12-15-8-5-4-6-9-15/h4-11,14H,12H2,1-3H3,(H,22,26)/t14-/m1/s1. The molecule has 27 heavy (non-hydrogen) atoms. The first-order valence-electron chi connectivity index (χ1n) is 8.60. The number of benzene rings is 2. The first-order chi connectivity index (χ1) is 13.0. The van der Waals surface area contributed by atoms with Crippen molar-refractivity contribution in [2.75, 3.05) is 5.32 Å². The monoisotopic (exact) mass is 400 g/mol. The van der Waals surface area contributed by atoms with Crippen molar-refractivity contribution in [1.82, 2.24) is 14.8 Å². The van der Waals surface area contributed by atoms with Gasteiger partial charge in [0.15, 0.2) is 5.16 Å². The lowest BCUT2D eigenvalue weighted by Crippen LogP contribution is -2.23. The van der Waals surface area contributed by atoms with E-state index in [4.69, 9.17) is 11.6 Å². The van der Waals surface area contributed by atoms with Gasteiger partial charge in [0.1, 0.15) is 5.82 Å². The quantitative estimate of drug-likeness (QED) is 0.619. The molecular formula is C20H21ClN4OS. The van der Waals surface area contributed by atoms with Crippen molar-refractivity contribution in [2.45, 2.75) is 30.7 Å². The van der Waals surface area contributed by atoms with E-state index in [2.05, 4.69) is 27.6 Å². The van der Waals surface area contributed by atoms with E-state index in [1.165, 1.54) is 17.3 Å². The number of nitrogens with zero attached hydrogens (tertiary/aromatic N) is 3. The van der Waals surface area contributed by atoms with Crippen molar-refractivity contribution in [2.24, 2.45) is 7.05 Å². The Morgan fingerprint density at radius 1 is 1.19 bits per heavy atom. The zero-order valence-corrected chi connectivity index (χ0v) is 17.0. The molecule has 0 unspecified atom stereocenters. The van der Waals surface area contributed by atoms with Crippen LogP contribution in [0.2, 0.25) is 5.02 Å². The normalized spacial score (nSPS) is 12.0. The maximum atomic E-state index is 12.6. The summed E-state index contributed by atoms with van der Waals surface area (Å²) in [7, 11) is 1.92. The zero-order chi connectivity index (χ0) is 19.4. The van der Waals surface area contributed by atoms with Crippen LogP contribution >= 0.6 is 23.4 Å². The van der Waals surface area contributed by atoms with Crippen molar-refractivity contribution in [3.05, 3.63) is 70.5 Å². The largest absolute Gasteiger partial charge is 0.325 e. The van der Waals surface area contributed by atoms with Crippen LogP contribution in [0.4, 0.5) is 5.69 Å². The van der Waals surface area contributed by atoms with Gasteiger partial charge in [-0.3, -0.25) is 4.79 Å². The average Bonchev–Trinajstić information content (AvgIpc) is 2.99. The Balaban J connectivity index is 1.66. The summed E-state index contributed by atoms with van der Waals surface area (Å²) in [6.07, 6.45) is 0.702. The molecule has 3 rings (SSSR count). The lowest BCUT2D eigenvalue weighted by atomic mass is 10.1. The third-order valence-electron chi connectivity index (χ3n) is 4.31. The van der Waals surface area contributed by atoms with Gasteiger partial charge in [0, 0.05) is 24.2 Å². The van der Waals surface area contributed by atoms with E-state index in [0.29, 0.717) is 16.6 Å². The Morgan fingerprint density at radius 3 is 2.67 bits per heavy atom. The Hall–Kier alpha value is -2.31. The Kier molecular flexibility index (Phi) is 6.19. The van der Waals surface area contributed by atoms with Gasteiger partial charge in [-0.15, -0.1) is 10.2 Å². The van der Waals surface area contributed by atoms with Gasteiger partial charge in [0.05, 0.1) is 5.25 Å². The van der Waals surface area contributed by atoms with Crippen LogP contribution in [-0.2, 0) is 18.3 Å². The van der Waals surface area contributed by atoms with E-state index in [1.807, 2.05) is 55.8 Å². The summed E-state index contributed by atoms with van der Waals surface area (Å²) in [5, 5.41) is 12.5. The van der Waals surface area contributed by atoms with Crippen LogP contribution < -0.4 is 5.32 Å². The molecule has 2 aromatic carbocycles. The summed E-state index contributed by atoms with van der Waals surface area (Å²) in [5.74, 6) is 0.764. The van der Waals surface area contributed by atoms with Crippen molar-refractivity contribution in [3.8, 4) is 0 Å². The molecule has 0 spiro atoms. The van der Waals surface area contributed by atoms with Gasteiger partial charge in [-0.1, -0.05) is 59.8 Å². The summed E-state index contributed by atoms with van der Waals surface area (Å²) in [5.41, 5.74) is 2.75. The molecule has 0 aliphatic rings. The van der Waals surface area contributed by atoms with Crippen LogP contribution in [0.5, 0.6) is 0 Å². The number of hydrogen-bond donors (Lipinski definition) is 1. The van der Waals surface area contributed by atoms with E-state index >= 15 is 0 Å². The first-order valence-corrected chi connectivity index (χ1v) is 9.86. The molecule has 140 valence electrons. The van der Waals surface area contributed by atoms with Crippen molar-refractivity contribution in [3.63, 3.8) is 0 Å². The molecule has 1 aromatic heterocycles. The number of amides is 1. The Labute approximate surface area is 168 Å². The highest BCUT2D eigenvalue weighted by Crippen LogP contribution is 2.26. The second kappa shape index (κ2) is 8.59. The number of carbonyl (C=O) groups excluding carboxylic acids is 1. The number of thioether (sulfide) groups is 1. The predicted octanol–water partition coefficient (Wildman–Crippen LogP) is 4.49. The molecule has 1 heterocycles. The summed E-state index contributed by atoms with van der Waals surface area (Å²) < 4.78 is 1.94. The number of anilines is 1. The predicted molar refractivity (Wildman–Crippen MR) is 110 cm³/mol. The van der Waals surface area contributed by atoms with Crippen LogP contribution in [0.3, 0.4) is 0 Å². The Morgan fingerprint density at radius 2 is 1.93 bits per heavy atom. The molecule has 5 nitrogen and oxygen atoms in total. The second-order valence-electron chi connectivity index (χ2n) is 6.28. The summed E-state index contributed by atoms with van der Waals surface area (Å²) in [6.45, 7) is 3.74. The van der Waals surface area contributed by atoms with Crippen molar-refractivity contribution in [1.29, 1.82) is 0 Å².